The number of nitrogens with one attached hydrogen (secondary N) is 3. The van der Waals surface area contributed by atoms with E-state index in [2.05, 4.69) is 16.0 Å². The van der Waals surface area contributed by atoms with Gasteiger partial charge in [-0.2, -0.15) is 0 Å². The molecule has 0 saturated heterocycles. The first-order valence-corrected chi connectivity index (χ1v) is 6.53. The summed E-state index contributed by atoms with van der Waals surface area (Å²) in [7, 11) is 0. The van der Waals surface area contributed by atoms with E-state index in [0.717, 1.165) is 5.56 Å². The van der Waals surface area contributed by atoms with Gasteiger partial charge < -0.3 is 25.9 Å². The van der Waals surface area contributed by atoms with E-state index in [1.54, 1.807) is 0 Å². The van der Waals surface area contributed by atoms with Gasteiger partial charge in [-0.3, -0.25) is 9.59 Å². The van der Waals surface area contributed by atoms with Crippen LogP contribution in [0.5, 0.6) is 0 Å². The van der Waals surface area contributed by atoms with Crippen molar-refractivity contribution in [2.24, 2.45) is 0 Å². The van der Waals surface area contributed by atoms with E-state index >= 15 is 0 Å². The van der Waals surface area contributed by atoms with E-state index in [-0.39, 0.29) is 6.54 Å². The Morgan fingerprint density at radius 2 is 1.82 bits per heavy atom. The van der Waals surface area contributed by atoms with Crippen LogP contribution in [0.1, 0.15) is 12.0 Å². The molecule has 0 aliphatic heterocycles. The molecule has 8 heteroatoms. The molecule has 118 valence electrons. The molecule has 1 rings (SSSR count). The van der Waals surface area contributed by atoms with Crippen molar-refractivity contribution in [3.63, 3.8) is 0 Å². The molecule has 1 aromatic carbocycles. The third-order valence-corrected chi connectivity index (χ3v) is 2.61. The molecule has 0 saturated carbocycles. The van der Waals surface area contributed by atoms with Gasteiger partial charge in [0, 0.05) is 6.54 Å². The monoisotopic (exact) mass is 307 g/mol. The second-order valence-corrected chi connectivity index (χ2v) is 4.43. The van der Waals surface area contributed by atoms with Crippen LogP contribution in [-0.2, 0) is 20.9 Å². The molecular weight excluding hydrogens is 290 g/mol. The summed E-state index contributed by atoms with van der Waals surface area (Å²) in [6.45, 7) is -0.0468. The predicted octanol–water partition coefficient (Wildman–Crippen LogP) is -0.356. The third-order valence-electron chi connectivity index (χ3n) is 2.61. The van der Waals surface area contributed by atoms with Gasteiger partial charge in [-0.1, -0.05) is 30.3 Å². The molecule has 3 amide bonds. The van der Waals surface area contributed by atoms with Gasteiger partial charge in [0.15, 0.2) is 0 Å². The fraction of sp³-hybridized carbons (Fsp3) is 0.286. The van der Waals surface area contributed by atoms with Crippen LogP contribution in [0.15, 0.2) is 30.3 Å². The fourth-order valence-corrected chi connectivity index (χ4v) is 1.58. The zero-order chi connectivity index (χ0) is 16.4. The van der Waals surface area contributed by atoms with E-state index in [1.165, 1.54) is 0 Å². The molecule has 0 radical (unpaired) electrons. The summed E-state index contributed by atoms with van der Waals surface area (Å²) in [5, 5.41) is 15.6. The second kappa shape index (κ2) is 9.11. The smallest absolute Gasteiger partial charge is 0.315 e. The van der Waals surface area contributed by atoms with Gasteiger partial charge in [0.1, 0.15) is 6.29 Å². The quantitative estimate of drug-likeness (QED) is 0.488. The van der Waals surface area contributed by atoms with E-state index in [9.17, 15) is 19.2 Å². The van der Waals surface area contributed by atoms with E-state index in [1.807, 2.05) is 30.3 Å². The molecule has 4 N–H and O–H groups in total. The van der Waals surface area contributed by atoms with E-state index in [4.69, 9.17) is 5.11 Å². The highest BCUT2D eigenvalue weighted by atomic mass is 16.4. The number of carbonyl (C=O) groups is 4. The first-order chi connectivity index (χ1) is 10.5. The van der Waals surface area contributed by atoms with Gasteiger partial charge in [-0.15, -0.1) is 0 Å². The average Bonchev–Trinajstić information content (AvgIpc) is 2.50. The molecule has 0 aliphatic rings. The Morgan fingerprint density at radius 1 is 1.14 bits per heavy atom. The SMILES string of the molecule is O=C[C@H](CC(=O)O)NC(=O)CNC(=O)NCc1ccccc1. The van der Waals surface area contributed by atoms with Crippen LogP contribution in [0.25, 0.3) is 0 Å². The molecule has 0 fully saturated rings. The van der Waals surface area contributed by atoms with Crippen molar-refractivity contribution in [3.05, 3.63) is 35.9 Å². The number of urea groups is 1. The molecule has 0 aliphatic carbocycles. The first-order valence-electron chi connectivity index (χ1n) is 6.53. The zero-order valence-corrected chi connectivity index (χ0v) is 11.7. The molecule has 0 unspecified atom stereocenters. The van der Waals surface area contributed by atoms with Crippen molar-refractivity contribution >= 4 is 24.2 Å². The molecule has 1 aromatic rings. The van der Waals surface area contributed by atoms with Crippen LogP contribution in [-0.4, -0.2) is 41.9 Å². The number of carboxylic acid groups (broad SMARTS) is 1. The molecule has 0 aromatic heterocycles. The van der Waals surface area contributed by atoms with Crippen LogP contribution in [0.2, 0.25) is 0 Å². The fourth-order valence-electron chi connectivity index (χ4n) is 1.58. The number of aldehydes is 1. The van der Waals surface area contributed by atoms with Crippen LogP contribution < -0.4 is 16.0 Å². The summed E-state index contributed by atoms with van der Waals surface area (Å²) < 4.78 is 0. The van der Waals surface area contributed by atoms with Crippen LogP contribution in [0.3, 0.4) is 0 Å². The van der Waals surface area contributed by atoms with Crippen molar-refractivity contribution in [3.8, 4) is 0 Å². The number of carboxylic acids is 1. The number of amides is 3. The van der Waals surface area contributed by atoms with Gasteiger partial charge in [-0.05, 0) is 5.56 Å². The number of aliphatic carboxylic acids is 1. The Morgan fingerprint density at radius 3 is 2.41 bits per heavy atom. The standard InChI is InChI=1S/C14H17N3O5/c18-9-11(6-13(20)21)17-12(19)8-16-14(22)15-7-10-4-2-1-3-5-10/h1-5,9,11H,6-8H2,(H,17,19)(H,20,21)(H2,15,16,22)/t11-/m0/s1. The minimum absolute atomic E-state index is 0.310. The number of rotatable bonds is 8. The summed E-state index contributed by atoms with van der Waals surface area (Å²) in [5.41, 5.74) is 0.907. The predicted molar refractivity (Wildman–Crippen MR) is 76.9 cm³/mol. The number of benzene rings is 1. The van der Waals surface area contributed by atoms with Gasteiger partial charge in [0.2, 0.25) is 5.91 Å². The summed E-state index contributed by atoms with van der Waals surface area (Å²) in [5.74, 6) is -1.85. The Kier molecular flexibility index (Phi) is 7.10. The lowest BCUT2D eigenvalue weighted by atomic mass is 10.2. The maximum absolute atomic E-state index is 11.5. The van der Waals surface area contributed by atoms with Crippen molar-refractivity contribution in [1.29, 1.82) is 0 Å². The largest absolute Gasteiger partial charge is 0.481 e. The Balaban J connectivity index is 2.26. The van der Waals surface area contributed by atoms with Gasteiger partial charge in [0.05, 0.1) is 19.0 Å². The molecule has 8 nitrogen and oxygen atoms in total. The van der Waals surface area contributed by atoms with Crippen molar-refractivity contribution in [1.82, 2.24) is 16.0 Å². The Hall–Kier alpha value is -2.90. The van der Waals surface area contributed by atoms with Crippen molar-refractivity contribution in [2.45, 2.75) is 19.0 Å². The van der Waals surface area contributed by atoms with Gasteiger partial charge in [0.25, 0.3) is 0 Å². The van der Waals surface area contributed by atoms with E-state index in [0.29, 0.717) is 12.8 Å². The summed E-state index contributed by atoms with van der Waals surface area (Å²) >= 11 is 0. The minimum atomic E-state index is -1.20. The highest BCUT2D eigenvalue weighted by Crippen LogP contribution is 1.96. The maximum Gasteiger partial charge on any atom is 0.315 e. The summed E-state index contributed by atoms with van der Waals surface area (Å²) in [4.78, 5) is 44.0. The number of hydrogen-bond acceptors (Lipinski definition) is 4. The van der Waals surface area contributed by atoms with Crippen molar-refractivity contribution in [2.75, 3.05) is 6.54 Å². The van der Waals surface area contributed by atoms with E-state index < -0.39 is 30.4 Å². The first kappa shape index (κ1) is 17.2. The topological polar surface area (TPSA) is 125 Å². The third kappa shape index (κ3) is 7.04. The Bertz CT molecular complexity index is 533. The molecule has 0 spiro atoms. The highest BCUT2D eigenvalue weighted by molar-refractivity contribution is 5.86. The zero-order valence-electron chi connectivity index (χ0n) is 11.7. The average molecular weight is 307 g/mol. The molecular formula is C14H17N3O5. The second-order valence-electron chi connectivity index (χ2n) is 4.43. The summed E-state index contributed by atoms with van der Waals surface area (Å²) in [6.07, 6.45) is -0.170. The molecule has 1 atom stereocenters. The maximum atomic E-state index is 11.5. The van der Waals surface area contributed by atoms with Gasteiger partial charge in [-0.25, -0.2) is 4.79 Å². The van der Waals surface area contributed by atoms with Crippen LogP contribution in [0.4, 0.5) is 4.79 Å². The summed E-state index contributed by atoms with van der Waals surface area (Å²) in [6, 6.07) is 7.56. The van der Waals surface area contributed by atoms with Crippen molar-refractivity contribution < 1.29 is 24.3 Å². The minimum Gasteiger partial charge on any atom is -0.481 e. The number of carbonyl (C=O) groups excluding carboxylic acids is 3. The molecule has 0 heterocycles. The van der Waals surface area contributed by atoms with Crippen LogP contribution in [0, 0.1) is 0 Å². The van der Waals surface area contributed by atoms with Gasteiger partial charge >= 0.3 is 12.0 Å². The highest BCUT2D eigenvalue weighted by Gasteiger charge is 2.15. The lowest BCUT2D eigenvalue weighted by Gasteiger charge is -2.11. The Labute approximate surface area is 126 Å². The molecule has 0 bridgehead atoms. The lowest BCUT2D eigenvalue weighted by molar-refractivity contribution is -0.138. The normalized spacial score (nSPS) is 11.1. The number of hydrogen-bond donors (Lipinski definition) is 4. The van der Waals surface area contributed by atoms with Crippen LogP contribution >= 0.6 is 0 Å². The molecule has 22 heavy (non-hydrogen) atoms. The lowest BCUT2D eigenvalue weighted by Crippen LogP contribution is -2.45.